The molecule has 1 unspecified atom stereocenters. The highest BCUT2D eigenvalue weighted by Crippen LogP contribution is 2.25. The number of ether oxygens (including phenoxy) is 2. The molecule has 6 heteroatoms. The summed E-state index contributed by atoms with van der Waals surface area (Å²) in [7, 11) is 0. The fourth-order valence-electron chi connectivity index (χ4n) is 7.20. The van der Waals surface area contributed by atoms with Gasteiger partial charge in [-0.2, -0.15) is 0 Å². The first-order valence-corrected chi connectivity index (χ1v) is 22.3. The largest absolute Gasteiger partial charge is 0.381 e. The molecule has 3 atom stereocenters. The predicted molar refractivity (Wildman–Crippen MR) is 221 cm³/mol. The van der Waals surface area contributed by atoms with Crippen molar-refractivity contribution in [2.45, 2.75) is 200 Å². The number of nitrogens with zero attached hydrogens (tertiary/aromatic N) is 1. The second-order valence-corrected chi connectivity index (χ2v) is 15.6. The van der Waals surface area contributed by atoms with Crippen LogP contribution in [0.25, 0.3) is 0 Å². The third-order valence-corrected chi connectivity index (χ3v) is 10.7. The maximum atomic E-state index is 12.8. The highest BCUT2D eigenvalue weighted by Gasteiger charge is 2.36. The molecular formula is C45H87N3O3. The van der Waals surface area contributed by atoms with Gasteiger partial charge in [0.1, 0.15) is 0 Å². The summed E-state index contributed by atoms with van der Waals surface area (Å²) in [4.78, 5) is 14.7. The number of unbranched alkanes of at least 4 members (excludes halogenated alkanes) is 24. The molecular weight excluding hydrogens is 631 g/mol. The predicted octanol–water partition coefficient (Wildman–Crippen LogP) is 11.5. The number of carbonyl (C=O) groups excluding carboxylic acids is 1. The molecule has 1 rings (SSSR count). The lowest BCUT2D eigenvalue weighted by Crippen LogP contribution is -2.47. The van der Waals surface area contributed by atoms with Gasteiger partial charge in [0.25, 0.3) is 0 Å². The van der Waals surface area contributed by atoms with Crippen molar-refractivity contribution < 1.29 is 14.3 Å². The topological polar surface area (TPSA) is 90.8 Å². The fourth-order valence-corrected chi connectivity index (χ4v) is 7.20. The maximum absolute atomic E-state index is 12.8. The molecule has 4 N–H and O–H groups in total. The summed E-state index contributed by atoms with van der Waals surface area (Å²) in [5, 5.41) is 0. The van der Waals surface area contributed by atoms with Crippen LogP contribution in [-0.4, -0.2) is 62.9 Å². The average Bonchev–Trinajstić information content (AvgIpc) is 3.55. The number of carbonyl (C=O) groups is 1. The molecule has 0 spiro atoms. The van der Waals surface area contributed by atoms with Crippen molar-refractivity contribution in [2.75, 3.05) is 46.1 Å². The van der Waals surface area contributed by atoms with E-state index in [0.717, 1.165) is 26.1 Å². The van der Waals surface area contributed by atoms with E-state index >= 15 is 0 Å². The zero-order valence-electron chi connectivity index (χ0n) is 34.1. The van der Waals surface area contributed by atoms with Crippen LogP contribution in [0.5, 0.6) is 0 Å². The van der Waals surface area contributed by atoms with E-state index in [1.54, 1.807) is 0 Å². The van der Waals surface area contributed by atoms with Crippen LogP contribution in [0.3, 0.4) is 0 Å². The maximum Gasteiger partial charge on any atom is 0.240 e. The van der Waals surface area contributed by atoms with Crippen LogP contribution in [0.15, 0.2) is 24.3 Å². The summed E-state index contributed by atoms with van der Waals surface area (Å²) in [5.41, 5.74) is 11.7. The number of likely N-dealkylation sites (tertiary alicyclic amines) is 1. The lowest BCUT2D eigenvalue weighted by molar-refractivity contribution is -0.131. The first-order valence-electron chi connectivity index (χ1n) is 22.3. The Kier molecular flexibility index (Phi) is 34.8. The molecule has 1 fully saturated rings. The monoisotopic (exact) mass is 718 g/mol. The van der Waals surface area contributed by atoms with Crippen LogP contribution in [0.1, 0.15) is 194 Å². The molecule has 0 aliphatic carbocycles. The Hall–Kier alpha value is -1.21. The second-order valence-electron chi connectivity index (χ2n) is 15.6. The van der Waals surface area contributed by atoms with Crippen LogP contribution in [-0.2, 0) is 14.3 Å². The van der Waals surface area contributed by atoms with Crippen molar-refractivity contribution >= 4 is 5.91 Å². The van der Waals surface area contributed by atoms with Gasteiger partial charge in [-0.15, -0.1) is 0 Å². The summed E-state index contributed by atoms with van der Waals surface area (Å²) in [6.07, 6.45) is 46.4. The summed E-state index contributed by atoms with van der Waals surface area (Å²) >= 11 is 0. The van der Waals surface area contributed by atoms with Gasteiger partial charge in [-0.3, -0.25) is 4.79 Å². The summed E-state index contributed by atoms with van der Waals surface area (Å²) in [5.74, 6) is 0.562. The Morgan fingerprint density at radius 3 is 1.20 bits per heavy atom. The SMILES string of the molecule is CCCCCCCC/C=C\CCCCCCCCOCC1CN(C(=O)[C@@H](N)CN)C[C@H]1COCCCCCCCC/C=C\CCCCCCCC. The molecule has 0 radical (unpaired) electrons. The second kappa shape index (κ2) is 37.1. The molecule has 1 saturated heterocycles. The molecule has 1 aliphatic rings. The van der Waals surface area contributed by atoms with Crippen molar-refractivity contribution in [2.24, 2.45) is 23.3 Å². The number of allylic oxidation sites excluding steroid dienone is 4. The van der Waals surface area contributed by atoms with Crippen molar-refractivity contribution in [3.8, 4) is 0 Å². The van der Waals surface area contributed by atoms with Crippen molar-refractivity contribution in [1.29, 1.82) is 0 Å². The lowest BCUT2D eigenvalue weighted by atomic mass is 9.98. The Labute approximate surface area is 317 Å². The molecule has 51 heavy (non-hydrogen) atoms. The number of nitrogens with two attached hydrogens (primary N) is 2. The van der Waals surface area contributed by atoms with Crippen LogP contribution >= 0.6 is 0 Å². The zero-order valence-corrected chi connectivity index (χ0v) is 34.1. The number of amides is 1. The molecule has 0 saturated carbocycles. The Morgan fingerprint density at radius 2 is 0.863 bits per heavy atom. The third kappa shape index (κ3) is 28.9. The van der Waals surface area contributed by atoms with E-state index < -0.39 is 6.04 Å². The van der Waals surface area contributed by atoms with Gasteiger partial charge < -0.3 is 25.8 Å². The van der Waals surface area contributed by atoms with Gasteiger partial charge >= 0.3 is 0 Å². The van der Waals surface area contributed by atoms with Crippen molar-refractivity contribution in [3.05, 3.63) is 24.3 Å². The normalized spacial score (nSPS) is 17.1. The first-order chi connectivity index (χ1) is 25.1. The molecule has 1 aliphatic heterocycles. The molecule has 0 aromatic rings. The van der Waals surface area contributed by atoms with Crippen LogP contribution in [0.4, 0.5) is 0 Å². The molecule has 0 aromatic carbocycles. The highest BCUT2D eigenvalue weighted by atomic mass is 16.5. The molecule has 1 amide bonds. The van der Waals surface area contributed by atoms with Gasteiger partial charge in [-0.25, -0.2) is 0 Å². The van der Waals surface area contributed by atoms with Crippen LogP contribution < -0.4 is 11.5 Å². The van der Waals surface area contributed by atoms with E-state index in [0.29, 0.717) is 38.1 Å². The van der Waals surface area contributed by atoms with Gasteiger partial charge in [0.15, 0.2) is 0 Å². The van der Waals surface area contributed by atoms with E-state index in [9.17, 15) is 4.79 Å². The Bertz CT molecular complexity index is 750. The van der Waals surface area contributed by atoms with Gasteiger partial charge in [-0.05, 0) is 64.2 Å². The van der Waals surface area contributed by atoms with Gasteiger partial charge in [-0.1, -0.05) is 154 Å². The smallest absolute Gasteiger partial charge is 0.240 e. The summed E-state index contributed by atoms with van der Waals surface area (Å²) < 4.78 is 12.3. The minimum Gasteiger partial charge on any atom is -0.381 e. The van der Waals surface area contributed by atoms with E-state index in [2.05, 4.69) is 38.2 Å². The van der Waals surface area contributed by atoms with Crippen molar-refractivity contribution in [3.63, 3.8) is 0 Å². The number of hydrogen-bond donors (Lipinski definition) is 2. The minimum atomic E-state index is -0.617. The van der Waals surface area contributed by atoms with Gasteiger partial charge in [0, 0.05) is 44.7 Å². The number of hydrogen-bond acceptors (Lipinski definition) is 5. The minimum absolute atomic E-state index is 0.0356. The standard InChI is InChI=1S/C45H87N3O3/c1-3-5-7-9-11-13-15-17-19-21-23-25-27-29-31-33-35-50-40-42-38-48(45(49)44(47)37-46)39-43(42)41-51-36-34-32-30-28-26-24-22-20-18-16-14-12-10-8-6-4-2/h17-20,42-44H,3-16,21-41,46-47H2,1-2H3/b19-17-,20-18-/t42-,43?,44-/m0/s1. The van der Waals surface area contributed by atoms with Gasteiger partial charge in [0.2, 0.25) is 5.91 Å². The molecule has 0 bridgehead atoms. The van der Waals surface area contributed by atoms with Crippen LogP contribution in [0, 0.1) is 11.8 Å². The Balaban J connectivity index is 2.09. The summed E-state index contributed by atoms with van der Waals surface area (Å²) in [6.45, 7) is 9.12. The van der Waals surface area contributed by atoms with E-state index in [1.807, 2.05) is 4.90 Å². The van der Waals surface area contributed by atoms with E-state index in [4.69, 9.17) is 20.9 Å². The molecule has 6 nitrogen and oxygen atoms in total. The summed E-state index contributed by atoms with van der Waals surface area (Å²) in [6, 6.07) is -0.617. The lowest BCUT2D eigenvalue weighted by Gasteiger charge is -2.20. The first kappa shape index (κ1) is 47.8. The zero-order chi connectivity index (χ0) is 36.9. The number of rotatable bonds is 38. The third-order valence-electron chi connectivity index (χ3n) is 10.7. The highest BCUT2D eigenvalue weighted by molar-refractivity contribution is 5.82. The van der Waals surface area contributed by atoms with E-state index in [-0.39, 0.29) is 12.5 Å². The average molecular weight is 718 g/mol. The quantitative estimate of drug-likeness (QED) is 0.0490. The fraction of sp³-hybridized carbons (Fsp3) is 0.889. The molecule has 300 valence electrons. The van der Waals surface area contributed by atoms with Crippen molar-refractivity contribution in [1.82, 2.24) is 4.90 Å². The van der Waals surface area contributed by atoms with E-state index in [1.165, 1.54) is 167 Å². The molecule has 0 aromatic heterocycles. The molecule has 1 heterocycles. The van der Waals surface area contributed by atoms with Gasteiger partial charge in [0.05, 0.1) is 19.3 Å². The Morgan fingerprint density at radius 1 is 0.549 bits per heavy atom. The van der Waals surface area contributed by atoms with Crippen LogP contribution in [0.2, 0.25) is 0 Å².